The predicted molar refractivity (Wildman–Crippen MR) is 110 cm³/mol. The summed E-state index contributed by atoms with van der Waals surface area (Å²) in [6.07, 6.45) is 1.33. The van der Waals surface area contributed by atoms with Gasteiger partial charge in [0.1, 0.15) is 4.83 Å². The summed E-state index contributed by atoms with van der Waals surface area (Å²) in [5, 5.41) is 2.75. The minimum atomic E-state index is -2.07. The first-order valence-corrected chi connectivity index (χ1v) is 13.3. The van der Waals surface area contributed by atoms with Crippen molar-refractivity contribution in [3.63, 3.8) is 0 Å². The molecule has 1 aromatic rings. The van der Waals surface area contributed by atoms with Crippen LogP contribution in [0, 0.1) is 0 Å². The summed E-state index contributed by atoms with van der Waals surface area (Å²) in [6, 6.07) is 9.31. The third kappa shape index (κ3) is 4.98. The number of carbonyl (C=O) groups is 3. The quantitative estimate of drug-likeness (QED) is 0.282. The van der Waals surface area contributed by atoms with Gasteiger partial charge in [-0.3, -0.25) is 14.4 Å². The van der Waals surface area contributed by atoms with Crippen LogP contribution in [0.5, 0.6) is 0 Å². The number of carbonyl (C=O) groups excluding carboxylic acids is 3. The summed E-state index contributed by atoms with van der Waals surface area (Å²) in [5.41, 5.74) is 0.792. The normalized spacial score (nSPS) is 20.6. The van der Waals surface area contributed by atoms with Crippen molar-refractivity contribution in [2.45, 2.75) is 62.9 Å². The number of nitrogens with zero attached hydrogens (tertiary/aromatic N) is 1. The second-order valence-corrected chi connectivity index (χ2v) is 12.9. The van der Waals surface area contributed by atoms with E-state index in [2.05, 4.69) is 41.3 Å². The Kier molecular flexibility index (Phi) is 7.22. The van der Waals surface area contributed by atoms with Crippen molar-refractivity contribution in [3.8, 4) is 0 Å². The number of halogens is 1. The number of ether oxygens (including phenoxy) is 1. The zero-order chi connectivity index (χ0) is 20.2. The average molecular weight is 455 g/mol. The molecule has 0 saturated carbocycles. The van der Waals surface area contributed by atoms with Crippen LogP contribution in [0.3, 0.4) is 0 Å². The Morgan fingerprint density at radius 2 is 1.93 bits per heavy atom. The molecule has 148 valence electrons. The van der Waals surface area contributed by atoms with Gasteiger partial charge in [0.05, 0.1) is 0 Å². The van der Waals surface area contributed by atoms with E-state index in [1.165, 1.54) is 6.92 Å². The lowest BCUT2D eigenvalue weighted by Crippen LogP contribution is -2.78. The van der Waals surface area contributed by atoms with Crippen molar-refractivity contribution in [1.29, 1.82) is 0 Å². The summed E-state index contributed by atoms with van der Waals surface area (Å²) in [7, 11) is -2.07. The Labute approximate surface area is 169 Å². The van der Waals surface area contributed by atoms with E-state index < -0.39 is 31.3 Å². The molecule has 0 aliphatic carbocycles. The largest absolute Gasteiger partial charge is 0.440 e. The molecule has 1 saturated heterocycles. The van der Waals surface area contributed by atoms with Crippen LogP contribution in [0.25, 0.3) is 0 Å². The fourth-order valence-electron chi connectivity index (χ4n) is 3.26. The second kappa shape index (κ2) is 9.01. The lowest BCUT2D eigenvalue weighted by molar-refractivity contribution is -0.180. The van der Waals surface area contributed by atoms with Gasteiger partial charge in [-0.05, 0) is 11.6 Å². The molecule has 1 aliphatic rings. The number of alkyl halides is 1. The number of unbranched alkanes of at least 4 members (excludes halogenated alkanes) is 1. The first kappa shape index (κ1) is 21.6. The van der Waals surface area contributed by atoms with Gasteiger partial charge in [0.25, 0.3) is 0 Å². The van der Waals surface area contributed by atoms with Gasteiger partial charge >= 0.3 is 5.97 Å². The Hall–Kier alpha value is -1.67. The highest BCUT2D eigenvalue weighted by atomic mass is 79.9. The molecule has 2 amide bonds. The number of hydrogen-bond donors (Lipinski definition) is 1. The van der Waals surface area contributed by atoms with Gasteiger partial charge in [0, 0.05) is 6.92 Å². The fourth-order valence-corrected chi connectivity index (χ4v) is 6.78. The summed E-state index contributed by atoms with van der Waals surface area (Å²) < 4.78 is 7.11. The topological polar surface area (TPSA) is 75.7 Å². The molecule has 6 nitrogen and oxygen atoms in total. The highest BCUT2D eigenvalue weighted by molar-refractivity contribution is 9.09. The smallest absolute Gasteiger partial charge is 0.304 e. The maximum atomic E-state index is 12.8. The molecule has 1 fully saturated rings. The van der Waals surface area contributed by atoms with E-state index in [1.54, 1.807) is 4.57 Å². The maximum Gasteiger partial charge on any atom is 0.304 e. The van der Waals surface area contributed by atoms with Gasteiger partial charge in [-0.1, -0.05) is 79.1 Å². The number of benzene rings is 1. The highest BCUT2D eigenvalue weighted by Crippen LogP contribution is 2.33. The second-order valence-electron chi connectivity index (χ2n) is 7.38. The molecule has 0 aromatic heterocycles. The van der Waals surface area contributed by atoms with Gasteiger partial charge in [-0.2, -0.15) is 0 Å². The number of esters is 1. The average Bonchev–Trinajstić information content (AvgIpc) is 2.63. The molecule has 0 bridgehead atoms. The summed E-state index contributed by atoms with van der Waals surface area (Å²) >= 11 is 3.38. The summed E-state index contributed by atoms with van der Waals surface area (Å²) in [6.45, 7) is 7.60. The Balaban J connectivity index is 2.12. The molecule has 1 aromatic carbocycles. The first-order valence-electron chi connectivity index (χ1n) is 9.19. The van der Waals surface area contributed by atoms with Crippen LogP contribution in [0.15, 0.2) is 30.3 Å². The van der Waals surface area contributed by atoms with E-state index in [1.807, 2.05) is 30.3 Å². The van der Waals surface area contributed by atoms with Gasteiger partial charge < -0.3 is 14.6 Å². The SMILES string of the molecule is CCCC[Si](C)(C)N1C(=O)[C@@H](NC(=O)C(Br)c2ccccc2)[C@@H]1OC(C)=O. The van der Waals surface area contributed by atoms with Crippen molar-refractivity contribution < 1.29 is 19.1 Å². The van der Waals surface area contributed by atoms with Gasteiger partial charge in [0.15, 0.2) is 20.5 Å². The molecule has 1 unspecified atom stereocenters. The van der Waals surface area contributed by atoms with Crippen LogP contribution in [0.4, 0.5) is 0 Å². The zero-order valence-electron chi connectivity index (χ0n) is 16.2. The summed E-state index contributed by atoms with van der Waals surface area (Å²) in [5.74, 6) is -0.963. The third-order valence-electron chi connectivity index (χ3n) is 4.74. The van der Waals surface area contributed by atoms with Gasteiger partial charge in [0.2, 0.25) is 11.8 Å². The molecule has 0 spiro atoms. The number of hydrogen-bond acceptors (Lipinski definition) is 4. The van der Waals surface area contributed by atoms with Crippen LogP contribution in [0.1, 0.15) is 37.1 Å². The summed E-state index contributed by atoms with van der Waals surface area (Å²) in [4.78, 5) is 36.4. The molecule has 1 N–H and O–H groups in total. The number of nitrogens with one attached hydrogen (secondary N) is 1. The highest BCUT2D eigenvalue weighted by Gasteiger charge is 2.56. The van der Waals surface area contributed by atoms with E-state index in [4.69, 9.17) is 4.74 Å². The Morgan fingerprint density at radius 1 is 1.30 bits per heavy atom. The lowest BCUT2D eigenvalue weighted by atomic mass is 10.1. The number of amides is 2. The van der Waals surface area contributed by atoms with Crippen LogP contribution < -0.4 is 5.32 Å². The van der Waals surface area contributed by atoms with E-state index in [9.17, 15) is 14.4 Å². The molecule has 2 rings (SSSR count). The van der Waals surface area contributed by atoms with Crippen molar-refractivity contribution in [1.82, 2.24) is 9.88 Å². The van der Waals surface area contributed by atoms with Crippen molar-refractivity contribution in [2.75, 3.05) is 0 Å². The Bertz CT molecular complexity index is 698. The molecule has 27 heavy (non-hydrogen) atoms. The van der Waals surface area contributed by atoms with Crippen LogP contribution in [-0.2, 0) is 19.1 Å². The number of β-lactam (4-membered cyclic amide) rings is 1. The minimum absolute atomic E-state index is 0.171. The molecular weight excluding hydrogens is 428 g/mol. The van der Waals surface area contributed by atoms with E-state index in [0.29, 0.717) is 0 Å². The monoisotopic (exact) mass is 454 g/mol. The third-order valence-corrected chi connectivity index (χ3v) is 9.05. The van der Waals surface area contributed by atoms with Crippen LogP contribution in [0.2, 0.25) is 19.1 Å². The Morgan fingerprint density at radius 3 is 2.48 bits per heavy atom. The van der Waals surface area contributed by atoms with Gasteiger partial charge in [-0.15, -0.1) is 0 Å². The van der Waals surface area contributed by atoms with Crippen LogP contribution >= 0.6 is 15.9 Å². The van der Waals surface area contributed by atoms with Crippen molar-refractivity contribution in [3.05, 3.63) is 35.9 Å². The standard InChI is InChI=1S/C19H27BrN2O4Si/c1-5-6-12-27(3,4)22-18(25)16(19(22)26-13(2)23)21-17(24)15(20)14-10-8-7-9-11-14/h7-11,15-16,19H,5-6,12H2,1-4H3,(H,21,24)/t15?,16-,19+/m1/s1. The van der Waals surface area contributed by atoms with E-state index in [0.717, 1.165) is 24.4 Å². The van der Waals surface area contributed by atoms with Gasteiger partial charge in [-0.25, -0.2) is 0 Å². The fraction of sp³-hybridized carbons (Fsp3) is 0.526. The molecule has 8 heteroatoms. The first-order chi connectivity index (χ1) is 12.7. The van der Waals surface area contributed by atoms with Crippen LogP contribution in [-0.4, -0.2) is 42.9 Å². The molecule has 1 aliphatic heterocycles. The maximum absolute atomic E-state index is 12.8. The van der Waals surface area contributed by atoms with Crippen molar-refractivity contribution in [2.24, 2.45) is 0 Å². The minimum Gasteiger partial charge on any atom is -0.440 e. The number of rotatable bonds is 8. The molecule has 1 heterocycles. The molecule has 0 radical (unpaired) electrons. The predicted octanol–water partition coefficient (Wildman–Crippen LogP) is 3.34. The van der Waals surface area contributed by atoms with E-state index in [-0.39, 0.29) is 11.8 Å². The van der Waals surface area contributed by atoms with E-state index >= 15 is 0 Å². The molecular formula is C19H27BrN2O4Si. The molecule has 3 atom stereocenters. The lowest BCUT2D eigenvalue weighted by Gasteiger charge is -2.53. The van der Waals surface area contributed by atoms with Crippen molar-refractivity contribution >= 4 is 41.9 Å². The zero-order valence-corrected chi connectivity index (χ0v) is 18.8.